The van der Waals surface area contributed by atoms with E-state index in [2.05, 4.69) is 4.90 Å². The Balaban J connectivity index is 3.00. The number of halogens is 2. The van der Waals surface area contributed by atoms with Gasteiger partial charge in [-0.05, 0) is 50.2 Å². The molecule has 0 spiro atoms. The zero-order valence-electron chi connectivity index (χ0n) is 12.7. The predicted molar refractivity (Wildman–Crippen MR) is 81.7 cm³/mol. The van der Waals surface area contributed by atoms with Crippen LogP contribution in [0, 0.1) is 5.82 Å². The van der Waals surface area contributed by atoms with Gasteiger partial charge in [0.2, 0.25) is 0 Å². The molecule has 2 nitrogen and oxygen atoms in total. The molecule has 0 saturated heterocycles. The molecule has 112 valence electrons. The summed E-state index contributed by atoms with van der Waals surface area (Å²) < 4.78 is 13.8. The summed E-state index contributed by atoms with van der Waals surface area (Å²) in [7, 11) is 0. The number of carbonyl (C=O) groups is 1. The molecule has 1 aromatic rings. The van der Waals surface area contributed by atoms with Crippen LogP contribution < -0.4 is 0 Å². The van der Waals surface area contributed by atoms with Crippen LogP contribution in [0.15, 0.2) is 18.2 Å². The minimum absolute atomic E-state index is 0.0323. The number of carbonyl (C=O) groups excluding carboxylic acids is 1. The first-order chi connectivity index (χ1) is 9.38. The predicted octanol–water partition coefficient (Wildman–Crippen LogP) is 4.10. The topological polar surface area (TPSA) is 20.3 Å². The van der Waals surface area contributed by atoms with E-state index in [1.54, 1.807) is 0 Å². The second-order valence-electron chi connectivity index (χ2n) is 5.14. The van der Waals surface area contributed by atoms with Gasteiger partial charge in [-0.2, -0.15) is 0 Å². The Bertz CT molecular complexity index is 474. The third kappa shape index (κ3) is 3.58. The van der Waals surface area contributed by atoms with Crippen LogP contribution in [0.3, 0.4) is 0 Å². The molecule has 0 radical (unpaired) electrons. The largest absolute Gasteiger partial charge is 0.297 e. The molecule has 0 bridgehead atoms. The van der Waals surface area contributed by atoms with Crippen LogP contribution in [0.5, 0.6) is 0 Å². The molecule has 1 rings (SSSR count). The number of hydrogen-bond donors (Lipinski definition) is 0. The minimum Gasteiger partial charge on any atom is -0.297 e. The van der Waals surface area contributed by atoms with Crippen LogP contribution in [0.2, 0.25) is 5.02 Å². The molecule has 0 fully saturated rings. The summed E-state index contributed by atoms with van der Waals surface area (Å²) in [5.41, 5.74) is -0.188. The first kappa shape index (κ1) is 17.1. The lowest BCUT2D eigenvalue weighted by Crippen LogP contribution is -2.52. The Morgan fingerprint density at radius 2 is 1.90 bits per heavy atom. The van der Waals surface area contributed by atoms with Gasteiger partial charge in [0.25, 0.3) is 0 Å². The lowest BCUT2D eigenvalue weighted by atomic mass is 9.87. The van der Waals surface area contributed by atoms with E-state index in [1.807, 2.05) is 27.7 Å². The molecule has 0 aliphatic heterocycles. The summed E-state index contributed by atoms with van der Waals surface area (Å²) in [5.74, 6) is -0.342. The van der Waals surface area contributed by atoms with Gasteiger partial charge in [-0.3, -0.25) is 9.69 Å². The minimum atomic E-state index is -0.557. The highest BCUT2D eigenvalue weighted by Gasteiger charge is 2.35. The number of rotatable bonds is 7. The van der Waals surface area contributed by atoms with E-state index in [-0.39, 0.29) is 18.0 Å². The fraction of sp³-hybridized carbons (Fsp3) is 0.562. The van der Waals surface area contributed by atoms with Crippen LogP contribution >= 0.6 is 11.6 Å². The molecular formula is C16H23ClFNO. The standard InChI is InChI=1S/C16H23ClFNO/c1-5-16(4,19(6-2)7-3)15(20)11-12-10-13(17)8-9-14(12)18/h8-10H,5-7,11H2,1-4H3. The first-order valence-corrected chi connectivity index (χ1v) is 7.49. The number of ketones is 1. The molecular weight excluding hydrogens is 277 g/mol. The molecule has 0 saturated carbocycles. The van der Waals surface area contributed by atoms with Gasteiger partial charge in [0.15, 0.2) is 5.78 Å². The molecule has 0 N–H and O–H groups in total. The summed E-state index contributed by atoms with van der Waals surface area (Å²) in [6.07, 6.45) is 0.781. The molecule has 0 amide bonds. The molecule has 0 aliphatic carbocycles. The highest BCUT2D eigenvalue weighted by molar-refractivity contribution is 6.30. The van der Waals surface area contributed by atoms with Crippen molar-refractivity contribution in [2.75, 3.05) is 13.1 Å². The van der Waals surface area contributed by atoms with Crippen LogP contribution in [-0.4, -0.2) is 29.3 Å². The maximum atomic E-state index is 13.8. The number of likely N-dealkylation sites (N-methyl/N-ethyl adjacent to an activating group) is 1. The molecule has 0 aromatic heterocycles. The average molecular weight is 300 g/mol. The monoisotopic (exact) mass is 299 g/mol. The normalized spacial score (nSPS) is 14.3. The Morgan fingerprint density at radius 1 is 1.30 bits per heavy atom. The van der Waals surface area contributed by atoms with E-state index in [0.717, 1.165) is 13.1 Å². The second-order valence-corrected chi connectivity index (χ2v) is 5.57. The number of benzene rings is 1. The van der Waals surface area contributed by atoms with Crippen molar-refractivity contribution in [3.63, 3.8) is 0 Å². The third-order valence-electron chi connectivity index (χ3n) is 4.11. The van der Waals surface area contributed by atoms with Crippen molar-refractivity contribution in [3.8, 4) is 0 Å². The van der Waals surface area contributed by atoms with Crippen molar-refractivity contribution >= 4 is 17.4 Å². The van der Waals surface area contributed by atoms with Gasteiger partial charge in [0, 0.05) is 11.4 Å². The molecule has 20 heavy (non-hydrogen) atoms. The maximum Gasteiger partial charge on any atom is 0.157 e. The van der Waals surface area contributed by atoms with Crippen LogP contribution in [0.25, 0.3) is 0 Å². The lowest BCUT2D eigenvalue weighted by molar-refractivity contribution is -0.129. The van der Waals surface area contributed by atoms with Gasteiger partial charge < -0.3 is 0 Å². The van der Waals surface area contributed by atoms with Crippen molar-refractivity contribution in [1.82, 2.24) is 4.90 Å². The SMILES string of the molecule is CCN(CC)C(C)(CC)C(=O)Cc1cc(Cl)ccc1F. The van der Waals surface area contributed by atoms with E-state index in [4.69, 9.17) is 11.6 Å². The van der Waals surface area contributed by atoms with Crippen molar-refractivity contribution in [1.29, 1.82) is 0 Å². The van der Waals surface area contributed by atoms with E-state index in [9.17, 15) is 9.18 Å². The molecule has 1 unspecified atom stereocenters. The Morgan fingerprint density at radius 3 is 2.40 bits per heavy atom. The van der Waals surface area contributed by atoms with Gasteiger partial charge in [-0.25, -0.2) is 4.39 Å². The van der Waals surface area contributed by atoms with Crippen LogP contribution in [0.4, 0.5) is 4.39 Å². The van der Waals surface area contributed by atoms with Gasteiger partial charge >= 0.3 is 0 Å². The van der Waals surface area contributed by atoms with Crippen molar-refractivity contribution < 1.29 is 9.18 Å². The van der Waals surface area contributed by atoms with Crippen LogP contribution in [-0.2, 0) is 11.2 Å². The zero-order chi connectivity index (χ0) is 15.3. The summed E-state index contributed by atoms with van der Waals surface area (Å²) >= 11 is 5.88. The van der Waals surface area contributed by atoms with Crippen molar-refractivity contribution in [3.05, 3.63) is 34.6 Å². The average Bonchev–Trinajstić information content (AvgIpc) is 2.43. The molecule has 1 aromatic carbocycles. The van der Waals surface area contributed by atoms with Crippen LogP contribution in [0.1, 0.15) is 39.7 Å². The highest BCUT2D eigenvalue weighted by atomic mass is 35.5. The van der Waals surface area contributed by atoms with E-state index < -0.39 is 5.54 Å². The summed E-state index contributed by atoms with van der Waals surface area (Å²) in [5, 5.41) is 0.454. The summed E-state index contributed by atoms with van der Waals surface area (Å²) in [4.78, 5) is 14.8. The molecule has 0 heterocycles. The third-order valence-corrected chi connectivity index (χ3v) is 4.34. The van der Waals surface area contributed by atoms with E-state index in [0.29, 0.717) is 17.0 Å². The van der Waals surface area contributed by atoms with Gasteiger partial charge in [0.05, 0.1) is 5.54 Å². The number of hydrogen-bond acceptors (Lipinski definition) is 2. The fourth-order valence-corrected chi connectivity index (χ4v) is 2.76. The Kier molecular flexibility index (Phi) is 6.15. The highest BCUT2D eigenvalue weighted by Crippen LogP contribution is 2.24. The smallest absolute Gasteiger partial charge is 0.157 e. The quantitative estimate of drug-likeness (QED) is 0.755. The second kappa shape index (κ2) is 7.19. The van der Waals surface area contributed by atoms with Crippen molar-refractivity contribution in [2.24, 2.45) is 0 Å². The van der Waals surface area contributed by atoms with Gasteiger partial charge in [0.1, 0.15) is 5.82 Å². The first-order valence-electron chi connectivity index (χ1n) is 7.11. The maximum absolute atomic E-state index is 13.8. The van der Waals surface area contributed by atoms with E-state index in [1.165, 1.54) is 18.2 Å². The number of nitrogens with zero attached hydrogens (tertiary/aromatic N) is 1. The van der Waals surface area contributed by atoms with Gasteiger partial charge in [-0.15, -0.1) is 0 Å². The summed E-state index contributed by atoms with van der Waals surface area (Å²) in [6.45, 7) is 9.58. The summed E-state index contributed by atoms with van der Waals surface area (Å²) in [6, 6.07) is 4.34. The zero-order valence-corrected chi connectivity index (χ0v) is 13.4. The molecule has 1 atom stereocenters. The number of Topliss-reactive ketones (excluding diaryl/α,β-unsaturated/α-hetero) is 1. The van der Waals surface area contributed by atoms with Gasteiger partial charge in [-0.1, -0.05) is 32.4 Å². The lowest BCUT2D eigenvalue weighted by Gasteiger charge is -2.38. The molecule has 4 heteroatoms. The Hall–Kier alpha value is -0.930. The Labute approximate surface area is 125 Å². The molecule has 0 aliphatic rings. The van der Waals surface area contributed by atoms with Crippen molar-refractivity contribution in [2.45, 2.75) is 46.1 Å². The fourth-order valence-electron chi connectivity index (χ4n) is 2.56. The van der Waals surface area contributed by atoms with E-state index >= 15 is 0 Å².